The zero-order valence-corrected chi connectivity index (χ0v) is 10.4. The van der Waals surface area contributed by atoms with Gasteiger partial charge in [0.2, 0.25) is 17.7 Å². The number of nitrogens with one attached hydrogen (secondary N) is 1. The van der Waals surface area contributed by atoms with Gasteiger partial charge in [-0.05, 0) is 0 Å². The van der Waals surface area contributed by atoms with Crippen LogP contribution in [0.5, 0.6) is 0 Å². The number of likely N-dealkylation sites (tertiary alicyclic amines) is 1. The molecular formula is C11H18N4O3. The minimum atomic E-state index is -0.466. The van der Waals surface area contributed by atoms with Crippen LogP contribution in [0, 0.1) is 5.92 Å². The number of carbonyl (C=O) groups is 3. The van der Waals surface area contributed by atoms with Crippen molar-refractivity contribution in [1.82, 2.24) is 15.1 Å². The maximum atomic E-state index is 12.1. The molecule has 0 aromatic carbocycles. The number of hydrogen-bond donors (Lipinski definition) is 2. The molecule has 2 saturated heterocycles. The fourth-order valence-corrected chi connectivity index (χ4v) is 2.29. The molecule has 3 amide bonds. The predicted octanol–water partition coefficient (Wildman–Crippen LogP) is -2.25. The summed E-state index contributed by atoms with van der Waals surface area (Å²) in [5.74, 6) is -0.554. The summed E-state index contributed by atoms with van der Waals surface area (Å²) in [4.78, 5) is 37.5. The van der Waals surface area contributed by atoms with E-state index in [2.05, 4.69) is 5.32 Å². The van der Waals surface area contributed by atoms with Crippen molar-refractivity contribution < 1.29 is 14.4 Å². The maximum Gasteiger partial charge on any atom is 0.236 e. The van der Waals surface area contributed by atoms with Crippen LogP contribution in [-0.4, -0.2) is 66.3 Å². The highest BCUT2D eigenvalue weighted by Gasteiger charge is 2.38. The molecule has 0 saturated carbocycles. The lowest BCUT2D eigenvalue weighted by atomic mass is 9.97. The number of nitrogens with zero attached hydrogens (tertiary/aromatic N) is 2. The van der Waals surface area contributed by atoms with E-state index in [4.69, 9.17) is 5.73 Å². The third-order valence-corrected chi connectivity index (χ3v) is 3.51. The third-order valence-electron chi connectivity index (χ3n) is 3.51. The molecule has 2 heterocycles. The molecule has 2 aliphatic rings. The van der Waals surface area contributed by atoms with Crippen molar-refractivity contribution in [3.8, 4) is 0 Å². The first-order valence-corrected chi connectivity index (χ1v) is 6.06. The highest BCUT2D eigenvalue weighted by Crippen LogP contribution is 2.18. The molecule has 2 rings (SSSR count). The van der Waals surface area contributed by atoms with Crippen LogP contribution in [0.15, 0.2) is 0 Å². The van der Waals surface area contributed by atoms with Gasteiger partial charge in [0.1, 0.15) is 6.04 Å². The number of amides is 3. The Labute approximate surface area is 105 Å². The number of nitrogens with two attached hydrogens (primary N) is 1. The molecule has 1 atom stereocenters. The fraction of sp³-hybridized carbons (Fsp3) is 0.727. The van der Waals surface area contributed by atoms with Crippen LogP contribution in [0.2, 0.25) is 0 Å². The molecule has 2 fully saturated rings. The lowest BCUT2D eigenvalue weighted by Crippen LogP contribution is -2.62. The lowest BCUT2D eigenvalue weighted by molar-refractivity contribution is -0.148. The molecule has 0 aromatic rings. The second-order valence-electron chi connectivity index (χ2n) is 4.81. The number of hydrogen-bond acceptors (Lipinski definition) is 4. The molecule has 0 unspecified atom stereocenters. The van der Waals surface area contributed by atoms with E-state index in [1.165, 1.54) is 6.92 Å². The van der Waals surface area contributed by atoms with E-state index in [1.54, 1.807) is 9.80 Å². The summed E-state index contributed by atoms with van der Waals surface area (Å²) in [7, 11) is 0. The average molecular weight is 254 g/mol. The maximum absolute atomic E-state index is 12.1. The van der Waals surface area contributed by atoms with E-state index in [0.29, 0.717) is 32.7 Å². The minimum absolute atomic E-state index is 0.00521. The van der Waals surface area contributed by atoms with Gasteiger partial charge in [0, 0.05) is 39.6 Å². The Balaban J connectivity index is 1.86. The van der Waals surface area contributed by atoms with Crippen LogP contribution < -0.4 is 11.1 Å². The lowest BCUT2D eigenvalue weighted by Gasteiger charge is -2.42. The van der Waals surface area contributed by atoms with Crippen molar-refractivity contribution in [1.29, 1.82) is 0 Å². The van der Waals surface area contributed by atoms with Crippen molar-refractivity contribution in [2.75, 3.05) is 32.7 Å². The number of carbonyl (C=O) groups excluding carboxylic acids is 3. The number of rotatable bonds is 2. The molecule has 0 spiro atoms. The van der Waals surface area contributed by atoms with Crippen LogP contribution in [-0.2, 0) is 14.4 Å². The molecule has 2 aliphatic heterocycles. The molecule has 0 bridgehead atoms. The number of primary amides is 1. The van der Waals surface area contributed by atoms with E-state index in [1.807, 2.05) is 0 Å². The van der Waals surface area contributed by atoms with Gasteiger partial charge in [-0.25, -0.2) is 0 Å². The van der Waals surface area contributed by atoms with E-state index >= 15 is 0 Å². The van der Waals surface area contributed by atoms with Crippen molar-refractivity contribution >= 4 is 17.7 Å². The van der Waals surface area contributed by atoms with Crippen LogP contribution in [0.4, 0.5) is 0 Å². The Morgan fingerprint density at radius 3 is 2.39 bits per heavy atom. The van der Waals surface area contributed by atoms with Gasteiger partial charge in [0.25, 0.3) is 0 Å². The molecule has 7 heteroatoms. The standard InChI is InChI=1S/C11H18N4O3/c1-7(16)15-4-8(5-15)11(18)14-3-2-13-9(6-14)10(12)17/h8-9,13H,2-6H2,1H3,(H2,12,17)/t9-/m1/s1. The van der Waals surface area contributed by atoms with Gasteiger partial charge in [-0.15, -0.1) is 0 Å². The molecule has 18 heavy (non-hydrogen) atoms. The number of piperazine rings is 1. The summed E-state index contributed by atoms with van der Waals surface area (Å²) in [6, 6.07) is -0.466. The highest BCUT2D eigenvalue weighted by molar-refractivity contribution is 5.85. The zero-order valence-electron chi connectivity index (χ0n) is 10.4. The van der Waals surface area contributed by atoms with Gasteiger partial charge < -0.3 is 20.9 Å². The summed E-state index contributed by atoms with van der Waals surface area (Å²) >= 11 is 0. The van der Waals surface area contributed by atoms with Crippen molar-refractivity contribution in [2.45, 2.75) is 13.0 Å². The second-order valence-corrected chi connectivity index (χ2v) is 4.81. The summed E-state index contributed by atoms with van der Waals surface area (Å²) in [6.07, 6.45) is 0. The van der Waals surface area contributed by atoms with E-state index < -0.39 is 11.9 Å². The first kappa shape index (κ1) is 12.8. The van der Waals surface area contributed by atoms with Crippen molar-refractivity contribution in [3.05, 3.63) is 0 Å². The smallest absolute Gasteiger partial charge is 0.236 e. The second kappa shape index (κ2) is 4.93. The summed E-state index contributed by atoms with van der Waals surface area (Å²) < 4.78 is 0. The van der Waals surface area contributed by atoms with E-state index in [-0.39, 0.29) is 17.7 Å². The molecular weight excluding hydrogens is 236 g/mol. The van der Waals surface area contributed by atoms with Crippen molar-refractivity contribution in [2.24, 2.45) is 11.7 Å². The minimum Gasteiger partial charge on any atom is -0.368 e. The molecule has 0 radical (unpaired) electrons. The third kappa shape index (κ3) is 2.45. The first-order chi connectivity index (χ1) is 8.49. The van der Waals surface area contributed by atoms with Gasteiger partial charge in [-0.1, -0.05) is 0 Å². The summed E-state index contributed by atoms with van der Waals surface area (Å²) in [6.45, 7) is 3.94. The normalized spacial score (nSPS) is 24.6. The van der Waals surface area contributed by atoms with Gasteiger partial charge >= 0.3 is 0 Å². The Morgan fingerprint density at radius 1 is 1.17 bits per heavy atom. The average Bonchev–Trinajstić information content (AvgIpc) is 2.26. The Hall–Kier alpha value is -1.63. The molecule has 100 valence electrons. The van der Waals surface area contributed by atoms with Gasteiger partial charge in [-0.2, -0.15) is 0 Å². The first-order valence-electron chi connectivity index (χ1n) is 6.06. The fourth-order valence-electron chi connectivity index (χ4n) is 2.29. The Kier molecular flexibility index (Phi) is 3.51. The molecule has 3 N–H and O–H groups in total. The SMILES string of the molecule is CC(=O)N1CC(C(=O)N2CCN[C@@H](C(N)=O)C2)C1. The van der Waals surface area contributed by atoms with Gasteiger partial charge in [0.15, 0.2) is 0 Å². The topological polar surface area (TPSA) is 95.7 Å². The predicted molar refractivity (Wildman–Crippen MR) is 63.3 cm³/mol. The molecule has 7 nitrogen and oxygen atoms in total. The Morgan fingerprint density at radius 2 is 1.83 bits per heavy atom. The summed E-state index contributed by atoms with van der Waals surface area (Å²) in [5, 5.41) is 2.97. The summed E-state index contributed by atoms with van der Waals surface area (Å²) in [5.41, 5.74) is 5.22. The van der Waals surface area contributed by atoms with Crippen LogP contribution in [0.1, 0.15) is 6.92 Å². The van der Waals surface area contributed by atoms with Gasteiger partial charge in [-0.3, -0.25) is 14.4 Å². The quantitative estimate of drug-likeness (QED) is 0.582. The molecule has 0 aromatic heterocycles. The molecule has 0 aliphatic carbocycles. The van der Waals surface area contributed by atoms with E-state index in [0.717, 1.165) is 0 Å². The zero-order chi connectivity index (χ0) is 13.3. The van der Waals surface area contributed by atoms with Crippen LogP contribution in [0.3, 0.4) is 0 Å². The van der Waals surface area contributed by atoms with Crippen LogP contribution >= 0.6 is 0 Å². The van der Waals surface area contributed by atoms with Crippen LogP contribution in [0.25, 0.3) is 0 Å². The highest BCUT2D eigenvalue weighted by atomic mass is 16.2. The van der Waals surface area contributed by atoms with E-state index in [9.17, 15) is 14.4 Å². The van der Waals surface area contributed by atoms with Crippen molar-refractivity contribution in [3.63, 3.8) is 0 Å². The Bertz CT molecular complexity index is 378. The largest absolute Gasteiger partial charge is 0.368 e. The monoisotopic (exact) mass is 254 g/mol. The van der Waals surface area contributed by atoms with Gasteiger partial charge in [0.05, 0.1) is 5.92 Å².